The summed E-state index contributed by atoms with van der Waals surface area (Å²) in [7, 11) is 1.14. The maximum atomic E-state index is 13.0. The maximum Gasteiger partial charge on any atom is 0.344 e. The Kier molecular flexibility index (Phi) is 4.31. The molecule has 0 unspecified atom stereocenters. The molecule has 4 heteroatoms. The van der Waals surface area contributed by atoms with Crippen molar-refractivity contribution >= 4 is 23.6 Å². The van der Waals surface area contributed by atoms with Gasteiger partial charge in [0, 0.05) is 5.02 Å². The Morgan fingerprint density at radius 1 is 1.47 bits per heavy atom. The number of methoxy groups -OCH3 is 1. The number of hydrogen-bond acceptors (Lipinski definition) is 2. The topological polar surface area (TPSA) is 26.3 Å². The van der Waals surface area contributed by atoms with Crippen LogP contribution in [0.3, 0.4) is 0 Å². The Balaban J connectivity index is 2.65. The van der Waals surface area contributed by atoms with E-state index in [-0.39, 0.29) is 0 Å². The molecule has 0 fully saturated rings. The van der Waals surface area contributed by atoms with Gasteiger partial charge in [-0.05, 0) is 23.8 Å². The highest BCUT2D eigenvalue weighted by molar-refractivity contribution is 6.30. The van der Waals surface area contributed by atoms with Crippen molar-refractivity contribution in [3.05, 3.63) is 40.9 Å². The lowest BCUT2D eigenvalue weighted by atomic mass is 10.2. The molecule has 1 atom stereocenters. The minimum absolute atomic E-state index is 0.608. The number of benzene rings is 1. The molecule has 0 amide bonds. The lowest BCUT2D eigenvalue weighted by Crippen LogP contribution is -2.13. The molecule has 15 heavy (non-hydrogen) atoms. The third kappa shape index (κ3) is 3.72. The number of carbonyl (C=O) groups is 1. The smallest absolute Gasteiger partial charge is 0.344 e. The van der Waals surface area contributed by atoms with Gasteiger partial charge in [0.25, 0.3) is 0 Å². The Morgan fingerprint density at radius 2 is 2.07 bits per heavy atom. The summed E-state index contributed by atoms with van der Waals surface area (Å²) in [6, 6.07) is 6.82. The van der Waals surface area contributed by atoms with E-state index in [0.717, 1.165) is 18.7 Å². The quantitative estimate of drug-likeness (QED) is 0.744. The summed E-state index contributed by atoms with van der Waals surface area (Å²) in [5.74, 6) is -0.903. The highest BCUT2D eigenvalue weighted by Gasteiger charge is 2.12. The van der Waals surface area contributed by atoms with E-state index in [2.05, 4.69) is 4.74 Å². The predicted molar refractivity (Wildman–Crippen MR) is 57.4 cm³/mol. The molecular weight excluding hydrogens is 219 g/mol. The molecule has 0 aliphatic rings. The van der Waals surface area contributed by atoms with E-state index in [0.29, 0.717) is 5.02 Å². The van der Waals surface area contributed by atoms with Crippen LogP contribution in [0, 0.1) is 0 Å². The Labute approximate surface area is 92.3 Å². The third-order valence-corrected chi connectivity index (χ3v) is 2.01. The fraction of sp³-hybridized carbons (Fsp3) is 0.182. The zero-order valence-electron chi connectivity index (χ0n) is 8.11. The minimum Gasteiger partial charge on any atom is -0.467 e. The second kappa shape index (κ2) is 5.51. The highest BCUT2D eigenvalue weighted by atomic mass is 35.5. The first kappa shape index (κ1) is 11.7. The van der Waals surface area contributed by atoms with Crippen molar-refractivity contribution in [2.24, 2.45) is 0 Å². The summed E-state index contributed by atoms with van der Waals surface area (Å²) in [4.78, 5) is 10.7. The number of carbonyl (C=O) groups excluding carboxylic acids is 1. The minimum atomic E-state index is -1.73. The molecule has 80 valence electrons. The molecular formula is C11H10ClFO2. The van der Waals surface area contributed by atoms with E-state index >= 15 is 0 Å². The summed E-state index contributed by atoms with van der Waals surface area (Å²) in [6.45, 7) is 0. The predicted octanol–water partition coefficient (Wildman–Crippen LogP) is 2.86. The largest absolute Gasteiger partial charge is 0.467 e. The van der Waals surface area contributed by atoms with E-state index in [1.807, 2.05) is 0 Å². The van der Waals surface area contributed by atoms with Crippen LogP contribution in [0.2, 0.25) is 5.02 Å². The number of halogens is 2. The SMILES string of the molecule is COC(=O)[C@@H](F)/C=C\c1ccc(Cl)cc1. The zero-order chi connectivity index (χ0) is 11.3. The molecule has 1 aromatic rings. The molecule has 0 heterocycles. The van der Waals surface area contributed by atoms with Crippen LogP contribution in [0.15, 0.2) is 30.3 Å². The van der Waals surface area contributed by atoms with Crippen LogP contribution in [0.1, 0.15) is 5.56 Å². The molecule has 0 bridgehead atoms. The van der Waals surface area contributed by atoms with Crippen LogP contribution in [-0.4, -0.2) is 19.3 Å². The van der Waals surface area contributed by atoms with Crippen molar-refractivity contribution in [1.29, 1.82) is 0 Å². The number of rotatable bonds is 3. The van der Waals surface area contributed by atoms with Gasteiger partial charge in [0.2, 0.25) is 6.17 Å². The monoisotopic (exact) mass is 228 g/mol. The maximum absolute atomic E-state index is 13.0. The summed E-state index contributed by atoms with van der Waals surface area (Å²) in [6.07, 6.45) is 0.901. The number of ether oxygens (including phenoxy) is 1. The van der Waals surface area contributed by atoms with Gasteiger partial charge in [0.05, 0.1) is 7.11 Å². The molecule has 1 aromatic carbocycles. The molecule has 0 saturated heterocycles. The van der Waals surface area contributed by atoms with Crippen molar-refractivity contribution < 1.29 is 13.9 Å². The van der Waals surface area contributed by atoms with E-state index in [4.69, 9.17) is 11.6 Å². The van der Waals surface area contributed by atoms with Gasteiger partial charge in [-0.25, -0.2) is 9.18 Å². The Morgan fingerprint density at radius 3 is 2.60 bits per heavy atom. The van der Waals surface area contributed by atoms with Crippen LogP contribution < -0.4 is 0 Å². The normalized spacial score (nSPS) is 12.7. The van der Waals surface area contributed by atoms with Gasteiger partial charge in [0.15, 0.2) is 0 Å². The number of hydrogen-bond donors (Lipinski definition) is 0. The van der Waals surface area contributed by atoms with Gasteiger partial charge < -0.3 is 4.74 Å². The lowest BCUT2D eigenvalue weighted by Gasteiger charge is -1.99. The molecule has 0 spiro atoms. The highest BCUT2D eigenvalue weighted by Crippen LogP contribution is 2.11. The lowest BCUT2D eigenvalue weighted by molar-refractivity contribution is -0.144. The molecule has 0 N–H and O–H groups in total. The molecule has 2 nitrogen and oxygen atoms in total. The molecule has 0 aromatic heterocycles. The fourth-order valence-electron chi connectivity index (χ4n) is 0.961. The van der Waals surface area contributed by atoms with E-state index in [1.165, 1.54) is 6.08 Å². The van der Waals surface area contributed by atoms with Gasteiger partial charge in [-0.2, -0.15) is 0 Å². The van der Waals surface area contributed by atoms with Gasteiger partial charge in [-0.15, -0.1) is 0 Å². The van der Waals surface area contributed by atoms with E-state index in [9.17, 15) is 9.18 Å². The van der Waals surface area contributed by atoms with Crippen LogP contribution in [0.4, 0.5) is 4.39 Å². The summed E-state index contributed by atoms with van der Waals surface area (Å²) >= 11 is 5.67. The van der Waals surface area contributed by atoms with Crippen molar-refractivity contribution in [2.75, 3.05) is 7.11 Å². The molecule has 0 aliphatic heterocycles. The van der Waals surface area contributed by atoms with Gasteiger partial charge in [-0.1, -0.05) is 29.8 Å². The third-order valence-electron chi connectivity index (χ3n) is 1.75. The Bertz CT molecular complexity index is 359. The zero-order valence-corrected chi connectivity index (χ0v) is 8.87. The number of alkyl halides is 1. The van der Waals surface area contributed by atoms with Crippen molar-refractivity contribution in [1.82, 2.24) is 0 Å². The van der Waals surface area contributed by atoms with Gasteiger partial charge in [0.1, 0.15) is 0 Å². The second-order valence-electron chi connectivity index (χ2n) is 2.84. The van der Waals surface area contributed by atoms with Crippen molar-refractivity contribution in [3.8, 4) is 0 Å². The first-order valence-electron chi connectivity index (χ1n) is 4.29. The first-order valence-corrected chi connectivity index (χ1v) is 4.67. The second-order valence-corrected chi connectivity index (χ2v) is 3.27. The standard InChI is InChI=1S/C11H10ClFO2/c1-15-11(14)10(13)7-4-8-2-5-9(12)6-3-8/h2-7,10H,1H3/b7-4-/t10-/m0/s1. The number of esters is 1. The molecule has 0 radical (unpaired) electrons. The average molecular weight is 229 g/mol. The van der Waals surface area contributed by atoms with Crippen LogP contribution >= 0.6 is 11.6 Å². The Hall–Kier alpha value is -1.35. The van der Waals surface area contributed by atoms with Crippen LogP contribution in [0.5, 0.6) is 0 Å². The van der Waals surface area contributed by atoms with Crippen LogP contribution in [-0.2, 0) is 9.53 Å². The van der Waals surface area contributed by atoms with E-state index < -0.39 is 12.1 Å². The molecule has 0 saturated carbocycles. The van der Waals surface area contributed by atoms with Crippen LogP contribution in [0.25, 0.3) is 6.08 Å². The fourth-order valence-corrected chi connectivity index (χ4v) is 1.09. The molecule has 0 aliphatic carbocycles. The summed E-state index contributed by atoms with van der Waals surface area (Å²) in [5, 5.41) is 0.608. The molecule has 1 rings (SSSR count). The van der Waals surface area contributed by atoms with Gasteiger partial charge >= 0.3 is 5.97 Å². The first-order chi connectivity index (χ1) is 7.13. The average Bonchev–Trinajstić information content (AvgIpc) is 2.26. The summed E-state index contributed by atoms with van der Waals surface area (Å²) < 4.78 is 17.2. The van der Waals surface area contributed by atoms with E-state index in [1.54, 1.807) is 24.3 Å². The van der Waals surface area contributed by atoms with Gasteiger partial charge in [-0.3, -0.25) is 0 Å². The van der Waals surface area contributed by atoms with Crippen molar-refractivity contribution in [3.63, 3.8) is 0 Å². The van der Waals surface area contributed by atoms with Crippen molar-refractivity contribution in [2.45, 2.75) is 6.17 Å². The summed E-state index contributed by atoms with van der Waals surface area (Å²) in [5.41, 5.74) is 0.769.